The Kier molecular flexibility index (Phi) is 3.98. The third kappa shape index (κ3) is 2.95. The fourth-order valence-electron chi connectivity index (χ4n) is 2.86. The molecular weight excluding hydrogens is 331 g/mol. The predicted molar refractivity (Wildman–Crippen MR) is 92.0 cm³/mol. The lowest BCUT2D eigenvalue weighted by Gasteiger charge is -2.16. The van der Waals surface area contributed by atoms with Gasteiger partial charge in [0.05, 0.1) is 11.2 Å². The van der Waals surface area contributed by atoms with E-state index in [2.05, 4.69) is 4.98 Å². The molecule has 0 bridgehead atoms. The van der Waals surface area contributed by atoms with Gasteiger partial charge in [0.15, 0.2) is 0 Å². The lowest BCUT2D eigenvalue weighted by Crippen LogP contribution is -2.24. The molecule has 2 aromatic rings. The number of hydrogen-bond donors (Lipinski definition) is 4. The van der Waals surface area contributed by atoms with Gasteiger partial charge < -0.3 is 16.9 Å². The summed E-state index contributed by atoms with van der Waals surface area (Å²) >= 11 is 0. The first-order valence-corrected chi connectivity index (χ1v) is 7.60. The van der Waals surface area contributed by atoms with Crippen molar-refractivity contribution in [1.82, 2.24) is 4.98 Å². The molecule has 3 rings (SSSR count). The second-order valence-corrected chi connectivity index (χ2v) is 5.93. The van der Waals surface area contributed by atoms with Crippen molar-refractivity contribution in [1.29, 1.82) is 10.8 Å². The molecule has 0 atom stereocenters. The minimum Gasteiger partial charge on any atom is -0.404 e. The van der Waals surface area contributed by atoms with Crippen LogP contribution in [0.25, 0.3) is 16.5 Å². The predicted octanol–water partition coefficient (Wildman–Crippen LogP) is 3.57. The number of aromatic nitrogens is 1. The Morgan fingerprint density at radius 1 is 1.28 bits per heavy atom. The Balaban J connectivity index is 2.27. The number of halogens is 3. The van der Waals surface area contributed by atoms with E-state index < -0.39 is 17.5 Å². The largest absolute Gasteiger partial charge is 0.433 e. The number of nitrogens with two attached hydrogens (primary N) is 2. The zero-order chi connectivity index (χ0) is 18.4. The van der Waals surface area contributed by atoms with Crippen molar-refractivity contribution >= 4 is 34.1 Å². The molecule has 1 aliphatic carbocycles. The molecule has 1 aromatic heterocycles. The topological polar surface area (TPSA) is 113 Å². The number of benzene rings is 1. The van der Waals surface area contributed by atoms with E-state index in [0.29, 0.717) is 22.2 Å². The first kappa shape index (κ1) is 16.9. The fourth-order valence-corrected chi connectivity index (χ4v) is 2.86. The molecule has 8 heteroatoms. The van der Waals surface area contributed by atoms with E-state index in [9.17, 15) is 13.2 Å². The van der Waals surface area contributed by atoms with Crippen molar-refractivity contribution in [3.05, 3.63) is 41.2 Å². The fraction of sp³-hybridized carbons (Fsp3) is 0.235. The average Bonchev–Trinajstić information content (AvgIpc) is 3.39. The third-order valence-corrected chi connectivity index (χ3v) is 4.24. The van der Waals surface area contributed by atoms with Crippen LogP contribution in [0.5, 0.6) is 0 Å². The van der Waals surface area contributed by atoms with Gasteiger partial charge in [0.2, 0.25) is 0 Å². The highest BCUT2D eigenvalue weighted by Crippen LogP contribution is 2.45. The van der Waals surface area contributed by atoms with Crippen LogP contribution in [0, 0.1) is 10.8 Å². The molecule has 0 saturated heterocycles. The summed E-state index contributed by atoms with van der Waals surface area (Å²) in [6.45, 7) is 0. The maximum absolute atomic E-state index is 12.9. The van der Waals surface area contributed by atoms with Gasteiger partial charge in [0.1, 0.15) is 5.71 Å². The van der Waals surface area contributed by atoms with Crippen molar-refractivity contribution in [2.24, 2.45) is 5.73 Å². The van der Waals surface area contributed by atoms with Crippen molar-refractivity contribution < 1.29 is 13.2 Å². The SMILES string of the molecule is N=Cc1c(N)ccc2nc(/C(=C/N)C(=N)C(F)(F)F)cc(C3CC3)c12. The van der Waals surface area contributed by atoms with Crippen LogP contribution in [-0.4, -0.2) is 23.1 Å². The van der Waals surface area contributed by atoms with E-state index in [4.69, 9.17) is 22.3 Å². The van der Waals surface area contributed by atoms with Crippen molar-refractivity contribution in [3.8, 4) is 0 Å². The van der Waals surface area contributed by atoms with Crippen LogP contribution in [0.2, 0.25) is 0 Å². The summed E-state index contributed by atoms with van der Waals surface area (Å²) in [5.41, 5.74) is 11.4. The minimum absolute atomic E-state index is 0.0000676. The number of alkyl halides is 3. The van der Waals surface area contributed by atoms with Gasteiger partial charge in [-0.25, -0.2) is 4.98 Å². The van der Waals surface area contributed by atoms with Gasteiger partial charge in [0, 0.05) is 34.6 Å². The average molecular weight is 347 g/mol. The molecule has 1 aliphatic rings. The minimum atomic E-state index is -4.82. The number of pyridine rings is 1. The Morgan fingerprint density at radius 3 is 2.48 bits per heavy atom. The molecule has 130 valence electrons. The van der Waals surface area contributed by atoms with Crippen LogP contribution < -0.4 is 11.5 Å². The van der Waals surface area contributed by atoms with E-state index in [1.165, 1.54) is 6.07 Å². The first-order valence-electron chi connectivity index (χ1n) is 7.60. The number of anilines is 1. The molecule has 1 aromatic carbocycles. The lowest BCUT2D eigenvalue weighted by molar-refractivity contribution is -0.0578. The molecule has 0 radical (unpaired) electrons. The number of nitrogen functional groups attached to an aromatic ring is 1. The molecular formula is C17H16F3N5. The van der Waals surface area contributed by atoms with Crippen molar-refractivity contribution in [2.45, 2.75) is 24.9 Å². The van der Waals surface area contributed by atoms with Gasteiger partial charge in [-0.15, -0.1) is 0 Å². The molecule has 5 nitrogen and oxygen atoms in total. The summed E-state index contributed by atoms with van der Waals surface area (Å²) in [7, 11) is 0. The van der Waals surface area contributed by atoms with Crippen molar-refractivity contribution in [3.63, 3.8) is 0 Å². The number of rotatable bonds is 4. The van der Waals surface area contributed by atoms with Gasteiger partial charge in [-0.1, -0.05) is 0 Å². The molecule has 0 unspecified atom stereocenters. The van der Waals surface area contributed by atoms with E-state index in [0.717, 1.165) is 30.8 Å². The molecule has 6 N–H and O–H groups in total. The summed E-state index contributed by atoms with van der Waals surface area (Å²) < 4.78 is 38.8. The van der Waals surface area contributed by atoms with Crippen LogP contribution in [0.3, 0.4) is 0 Å². The summed E-state index contributed by atoms with van der Waals surface area (Å²) in [5, 5.41) is 15.7. The van der Waals surface area contributed by atoms with Crippen LogP contribution >= 0.6 is 0 Å². The molecule has 0 spiro atoms. The maximum Gasteiger partial charge on any atom is 0.433 e. The molecule has 1 heterocycles. The normalized spacial score (nSPS) is 15.4. The number of allylic oxidation sites excluding steroid dienone is 1. The van der Waals surface area contributed by atoms with Crippen LogP contribution in [0.1, 0.15) is 35.6 Å². The highest BCUT2D eigenvalue weighted by Gasteiger charge is 2.38. The second-order valence-electron chi connectivity index (χ2n) is 5.93. The van der Waals surface area contributed by atoms with Crippen LogP contribution in [-0.2, 0) is 0 Å². The summed E-state index contributed by atoms with van der Waals surface area (Å²) in [5.74, 6) is 0.184. The smallest absolute Gasteiger partial charge is 0.404 e. The highest BCUT2D eigenvalue weighted by molar-refractivity contribution is 6.24. The zero-order valence-corrected chi connectivity index (χ0v) is 13.1. The summed E-state index contributed by atoms with van der Waals surface area (Å²) in [6.07, 6.45) is -1.12. The molecule has 0 aliphatic heterocycles. The number of hydrogen-bond acceptors (Lipinski definition) is 5. The van der Waals surface area contributed by atoms with E-state index in [1.54, 1.807) is 12.1 Å². The standard InChI is InChI=1S/C17H16F3N5/c18-17(19,20)16(24)11(7-22)14-5-9(8-1-2-8)15-10(6-21)12(23)3-4-13(15)25-14/h3-8,21,24H,1-2,22-23H2/b11-7-,21-6?,24-16?. The zero-order valence-electron chi connectivity index (χ0n) is 13.1. The van der Waals surface area contributed by atoms with E-state index in [1.807, 2.05) is 0 Å². The van der Waals surface area contributed by atoms with Gasteiger partial charge >= 0.3 is 6.18 Å². The van der Waals surface area contributed by atoms with Gasteiger partial charge in [-0.3, -0.25) is 5.41 Å². The Hall–Kier alpha value is -2.90. The number of fused-ring (bicyclic) bond motifs is 1. The van der Waals surface area contributed by atoms with E-state index in [-0.39, 0.29) is 11.6 Å². The summed E-state index contributed by atoms with van der Waals surface area (Å²) in [4.78, 5) is 4.25. The second kappa shape index (κ2) is 5.87. The molecule has 1 saturated carbocycles. The Labute approximate surface area is 141 Å². The lowest BCUT2D eigenvalue weighted by atomic mass is 9.95. The highest BCUT2D eigenvalue weighted by atomic mass is 19.4. The monoisotopic (exact) mass is 347 g/mol. The van der Waals surface area contributed by atoms with Gasteiger partial charge in [-0.2, -0.15) is 13.2 Å². The molecule has 0 amide bonds. The Morgan fingerprint density at radius 2 is 1.96 bits per heavy atom. The summed E-state index contributed by atoms with van der Waals surface area (Å²) in [6, 6.07) is 4.71. The van der Waals surface area contributed by atoms with Gasteiger partial charge in [-0.05, 0) is 42.5 Å². The Bertz CT molecular complexity index is 911. The quantitative estimate of drug-likeness (QED) is 0.501. The molecule has 1 fully saturated rings. The first-order chi connectivity index (χ1) is 11.8. The third-order valence-electron chi connectivity index (χ3n) is 4.24. The number of nitrogens with zero attached hydrogens (tertiary/aromatic N) is 1. The number of nitrogens with one attached hydrogen (secondary N) is 2. The van der Waals surface area contributed by atoms with Gasteiger partial charge in [0.25, 0.3) is 0 Å². The van der Waals surface area contributed by atoms with Crippen LogP contribution in [0.15, 0.2) is 24.4 Å². The van der Waals surface area contributed by atoms with E-state index >= 15 is 0 Å². The van der Waals surface area contributed by atoms with Crippen LogP contribution in [0.4, 0.5) is 18.9 Å². The molecule has 25 heavy (non-hydrogen) atoms. The maximum atomic E-state index is 12.9. The van der Waals surface area contributed by atoms with Crippen molar-refractivity contribution in [2.75, 3.05) is 5.73 Å².